The van der Waals surface area contributed by atoms with Gasteiger partial charge in [-0.1, -0.05) is 12.1 Å². The van der Waals surface area contributed by atoms with Crippen molar-refractivity contribution in [2.24, 2.45) is 17.8 Å². The maximum Gasteiger partial charge on any atom is 0.140 e. The number of rotatable bonds is 3. The first kappa shape index (κ1) is 10.8. The Morgan fingerprint density at radius 1 is 1.12 bits per heavy atom. The average Bonchev–Trinajstić information content (AvgIpc) is 2.89. The Hall–Kier alpha value is -0.380. The second kappa shape index (κ2) is 4.13. The topological polar surface area (TPSA) is 17.1 Å². The van der Waals surface area contributed by atoms with Crippen molar-refractivity contribution in [1.29, 1.82) is 0 Å². The fourth-order valence-corrected chi connectivity index (χ4v) is 3.29. The normalized spacial score (nSPS) is 31.2. The number of ketones is 1. The summed E-state index contributed by atoms with van der Waals surface area (Å²) in [4.78, 5) is 12.1. The van der Waals surface area contributed by atoms with Crippen LogP contribution in [0, 0.1) is 21.3 Å². The summed E-state index contributed by atoms with van der Waals surface area (Å²) in [6.07, 6.45) is 4.38. The predicted molar refractivity (Wildman–Crippen MR) is 72.2 cm³/mol. The molecule has 2 heteroatoms. The molecule has 0 aromatic heterocycles. The number of carbonyl (C=O) groups excluding carboxylic acids is 1. The molecule has 2 saturated carbocycles. The van der Waals surface area contributed by atoms with Gasteiger partial charge in [-0.05, 0) is 71.4 Å². The maximum absolute atomic E-state index is 12.1. The van der Waals surface area contributed by atoms with E-state index in [2.05, 4.69) is 46.9 Å². The van der Waals surface area contributed by atoms with Crippen molar-refractivity contribution in [3.8, 4) is 0 Å². The minimum Gasteiger partial charge on any atom is -0.299 e. The van der Waals surface area contributed by atoms with E-state index in [9.17, 15) is 4.79 Å². The number of hydrogen-bond donors (Lipinski definition) is 0. The molecule has 1 aromatic carbocycles. The van der Waals surface area contributed by atoms with Crippen molar-refractivity contribution in [1.82, 2.24) is 0 Å². The van der Waals surface area contributed by atoms with Crippen LogP contribution >= 0.6 is 22.6 Å². The summed E-state index contributed by atoms with van der Waals surface area (Å²) in [5, 5.41) is 0. The third-order valence-corrected chi connectivity index (χ3v) is 4.71. The minimum atomic E-state index is 0.378. The zero-order valence-electron chi connectivity index (χ0n) is 9.16. The van der Waals surface area contributed by atoms with E-state index >= 15 is 0 Å². The first-order valence-electron chi connectivity index (χ1n) is 5.99. The Bertz CT molecular complexity index is 399. The second-order valence-corrected chi connectivity index (χ2v) is 6.44. The van der Waals surface area contributed by atoms with E-state index in [-0.39, 0.29) is 0 Å². The third-order valence-electron chi connectivity index (χ3n) is 3.99. The van der Waals surface area contributed by atoms with Crippen LogP contribution in [0.25, 0.3) is 0 Å². The molecule has 0 aliphatic heterocycles. The van der Waals surface area contributed by atoms with Crippen LogP contribution in [-0.2, 0) is 11.2 Å². The van der Waals surface area contributed by atoms with Gasteiger partial charge in [-0.2, -0.15) is 0 Å². The van der Waals surface area contributed by atoms with E-state index in [0.29, 0.717) is 18.1 Å². The van der Waals surface area contributed by atoms with Crippen LogP contribution in [0.1, 0.15) is 24.8 Å². The zero-order valence-corrected chi connectivity index (χ0v) is 11.3. The van der Waals surface area contributed by atoms with Gasteiger partial charge in [0.15, 0.2) is 0 Å². The van der Waals surface area contributed by atoms with Gasteiger partial charge in [-0.3, -0.25) is 4.79 Å². The molecule has 0 saturated heterocycles. The molecule has 1 nitrogen and oxygen atoms in total. The Morgan fingerprint density at radius 2 is 1.75 bits per heavy atom. The first-order valence-corrected chi connectivity index (χ1v) is 7.07. The summed E-state index contributed by atoms with van der Waals surface area (Å²) < 4.78 is 1.23. The monoisotopic (exact) mass is 326 g/mol. The average molecular weight is 326 g/mol. The highest BCUT2D eigenvalue weighted by molar-refractivity contribution is 14.1. The SMILES string of the molecule is O=C(Cc1ccc(I)cc1)C1CC2CC2C1. The molecule has 1 aromatic rings. The van der Waals surface area contributed by atoms with Gasteiger partial charge in [-0.25, -0.2) is 0 Å². The second-order valence-electron chi connectivity index (χ2n) is 5.19. The summed E-state index contributed by atoms with van der Waals surface area (Å²) in [6, 6.07) is 8.31. The highest BCUT2D eigenvalue weighted by atomic mass is 127. The largest absolute Gasteiger partial charge is 0.299 e. The van der Waals surface area contributed by atoms with Crippen LogP contribution < -0.4 is 0 Å². The summed E-state index contributed by atoms with van der Waals surface area (Å²) in [5.74, 6) is 2.66. The van der Waals surface area contributed by atoms with Crippen LogP contribution in [0.3, 0.4) is 0 Å². The summed E-state index contributed by atoms with van der Waals surface area (Å²) in [7, 11) is 0. The van der Waals surface area contributed by atoms with Gasteiger partial charge in [0, 0.05) is 15.9 Å². The van der Waals surface area contributed by atoms with Crippen molar-refractivity contribution in [2.45, 2.75) is 25.7 Å². The van der Waals surface area contributed by atoms with Crippen molar-refractivity contribution >= 4 is 28.4 Å². The van der Waals surface area contributed by atoms with Crippen LogP contribution in [0.5, 0.6) is 0 Å². The lowest BCUT2D eigenvalue weighted by molar-refractivity contribution is -0.122. The summed E-state index contributed by atoms with van der Waals surface area (Å²) in [5.41, 5.74) is 1.17. The Balaban J connectivity index is 1.61. The molecular weight excluding hydrogens is 311 g/mol. The summed E-state index contributed by atoms with van der Waals surface area (Å²) in [6.45, 7) is 0. The van der Waals surface area contributed by atoms with Gasteiger partial charge in [0.1, 0.15) is 5.78 Å². The lowest BCUT2D eigenvalue weighted by Crippen LogP contribution is -2.15. The van der Waals surface area contributed by atoms with E-state index in [1.54, 1.807) is 0 Å². The molecule has 0 heterocycles. The van der Waals surface area contributed by atoms with E-state index < -0.39 is 0 Å². The zero-order chi connectivity index (χ0) is 11.1. The number of fused-ring (bicyclic) bond motifs is 1. The van der Waals surface area contributed by atoms with Crippen LogP contribution in [0.4, 0.5) is 0 Å². The molecule has 0 amide bonds. The van der Waals surface area contributed by atoms with E-state index in [0.717, 1.165) is 11.8 Å². The van der Waals surface area contributed by atoms with Gasteiger partial charge in [-0.15, -0.1) is 0 Å². The highest BCUT2D eigenvalue weighted by Gasteiger charge is 2.47. The Labute approximate surface area is 110 Å². The minimum absolute atomic E-state index is 0.378. The van der Waals surface area contributed by atoms with Gasteiger partial charge in [0.2, 0.25) is 0 Å². The molecule has 2 unspecified atom stereocenters. The number of benzene rings is 1. The number of carbonyl (C=O) groups is 1. The lowest BCUT2D eigenvalue weighted by Gasteiger charge is -2.10. The van der Waals surface area contributed by atoms with Crippen molar-refractivity contribution in [2.75, 3.05) is 0 Å². The molecule has 2 aliphatic rings. The van der Waals surface area contributed by atoms with Gasteiger partial charge in [0.25, 0.3) is 0 Å². The molecule has 0 N–H and O–H groups in total. The standard InChI is InChI=1S/C14H15IO/c15-13-3-1-9(2-4-13)5-14(16)12-7-10-6-11(10)8-12/h1-4,10-12H,5-8H2. The molecule has 2 atom stereocenters. The lowest BCUT2D eigenvalue weighted by atomic mass is 9.94. The van der Waals surface area contributed by atoms with Crippen molar-refractivity contribution < 1.29 is 4.79 Å². The van der Waals surface area contributed by atoms with Crippen molar-refractivity contribution in [3.63, 3.8) is 0 Å². The summed E-state index contributed by atoms with van der Waals surface area (Å²) >= 11 is 2.29. The molecule has 2 aliphatic carbocycles. The molecule has 16 heavy (non-hydrogen) atoms. The quantitative estimate of drug-likeness (QED) is 0.778. The molecule has 3 rings (SSSR count). The number of halogens is 1. The van der Waals surface area contributed by atoms with Gasteiger partial charge >= 0.3 is 0 Å². The maximum atomic E-state index is 12.1. The smallest absolute Gasteiger partial charge is 0.140 e. The predicted octanol–water partition coefficient (Wildman–Crippen LogP) is 3.45. The van der Waals surface area contributed by atoms with Gasteiger partial charge in [0.05, 0.1) is 0 Å². The Morgan fingerprint density at radius 3 is 2.38 bits per heavy atom. The van der Waals surface area contributed by atoms with E-state index in [1.807, 2.05) is 0 Å². The van der Waals surface area contributed by atoms with Gasteiger partial charge < -0.3 is 0 Å². The molecule has 0 bridgehead atoms. The Kier molecular flexibility index (Phi) is 2.78. The molecule has 84 valence electrons. The number of Topliss-reactive ketones (excluding diaryl/α,β-unsaturated/α-hetero) is 1. The fourth-order valence-electron chi connectivity index (χ4n) is 2.93. The van der Waals surface area contributed by atoms with Crippen LogP contribution in [-0.4, -0.2) is 5.78 Å². The van der Waals surface area contributed by atoms with Crippen LogP contribution in [0.15, 0.2) is 24.3 Å². The fraction of sp³-hybridized carbons (Fsp3) is 0.500. The first-order chi connectivity index (χ1) is 7.72. The molecule has 0 spiro atoms. The molecule has 2 fully saturated rings. The third kappa shape index (κ3) is 2.17. The van der Waals surface area contributed by atoms with E-state index in [4.69, 9.17) is 0 Å². The molecule has 0 radical (unpaired) electrons. The molecular formula is C14H15IO. The van der Waals surface area contributed by atoms with Crippen LogP contribution in [0.2, 0.25) is 0 Å². The van der Waals surface area contributed by atoms with E-state index in [1.165, 1.54) is 28.4 Å². The van der Waals surface area contributed by atoms with Crippen molar-refractivity contribution in [3.05, 3.63) is 33.4 Å². The highest BCUT2D eigenvalue weighted by Crippen LogP contribution is 2.54. The number of hydrogen-bond acceptors (Lipinski definition) is 1.